The Morgan fingerprint density at radius 2 is 2.12 bits per heavy atom. The minimum atomic E-state index is -5.01. The first-order valence-electron chi connectivity index (χ1n) is 5.18. The van der Waals surface area contributed by atoms with E-state index in [1.54, 1.807) is 6.92 Å². The van der Waals surface area contributed by atoms with Gasteiger partial charge in [-0.15, -0.1) is 0 Å². The summed E-state index contributed by atoms with van der Waals surface area (Å²) in [6, 6.07) is -0.676. The maximum atomic E-state index is 13.3. The van der Waals surface area contributed by atoms with E-state index in [1.165, 1.54) is 0 Å². The van der Waals surface area contributed by atoms with E-state index in [1.807, 2.05) is 0 Å². The number of hydrogen-bond donors (Lipinski definition) is 2. The van der Waals surface area contributed by atoms with Crippen LogP contribution in [0.2, 0.25) is 0 Å². The van der Waals surface area contributed by atoms with Gasteiger partial charge < -0.3 is 15.3 Å². The Morgan fingerprint density at radius 1 is 1.53 bits per heavy atom. The normalized spacial score (nSPS) is 27.3. The molecule has 2 N–H and O–H groups in total. The highest BCUT2D eigenvalue weighted by Crippen LogP contribution is 2.23. The summed E-state index contributed by atoms with van der Waals surface area (Å²) >= 11 is 0. The van der Waals surface area contributed by atoms with Crippen molar-refractivity contribution in [3.8, 4) is 0 Å². The molecule has 0 aromatic carbocycles. The van der Waals surface area contributed by atoms with Gasteiger partial charge in [-0.05, 0) is 6.54 Å². The number of halogens is 4. The average molecular weight is 258 g/mol. The Bertz CT molecular complexity index is 285. The van der Waals surface area contributed by atoms with Gasteiger partial charge in [0.15, 0.2) is 0 Å². The molecule has 0 aromatic rings. The van der Waals surface area contributed by atoms with Crippen molar-refractivity contribution >= 4 is 5.91 Å². The summed E-state index contributed by atoms with van der Waals surface area (Å²) in [5, 5.41) is 11.5. The van der Waals surface area contributed by atoms with Gasteiger partial charge >= 0.3 is 6.18 Å². The molecule has 3 atom stereocenters. The van der Waals surface area contributed by atoms with Gasteiger partial charge in [0.2, 0.25) is 6.10 Å². The second-order valence-corrected chi connectivity index (χ2v) is 3.87. The van der Waals surface area contributed by atoms with Crippen LogP contribution in [0.15, 0.2) is 0 Å². The fourth-order valence-electron chi connectivity index (χ4n) is 1.71. The predicted molar refractivity (Wildman–Crippen MR) is 51.0 cm³/mol. The van der Waals surface area contributed by atoms with E-state index in [0.717, 1.165) is 0 Å². The lowest BCUT2D eigenvalue weighted by molar-refractivity contribution is -0.210. The van der Waals surface area contributed by atoms with Crippen molar-refractivity contribution in [1.82, 2.24) is 10.2 Å². The Hall–Kier alpha value is -0.890. The SMILES string of the molecule is CCNC1CN(C(=O)[C@@H](O)C(F)(F)F)C[C@@H]1F. The molecule has 1 amide bonds. The molecule has 17 heavy (non-hydrogen) atoms. The number of nitrogens with one attached hydrogen (secondary N) is 1. The van der Waals surface area contributed by atoms with Crippen molar-refractivity contribution in [3.63, 3.8) is 0 Å². The monoisotopic (exact) mass is 258 g/mol. The number of rotatable bonds is 3. The number of amides is 1. The van der Waals surface area contributed by atoms with E-state index in [9.17, 15) is 22.4 Å². The van der Waals surface area contributed by atoms with Gasteiger partial charge in [0, 0.05) is 6.54 Å². The van der Waals surface area contributed by atoms with Crippen molar-refractivity contribution in [2.75, 3.05) is 19.6 Å². The second kappa shape index (κ2) is 5.18. The summed E-state index contributed by atoms with van der Waals surface area (Å²) < 4.78 is 49.6. The molecule has 0 saturated carbocycles. The number of alkyl halides is 4. The zero-order chi connectivity index (χ0) is 13.2. The molecule has 0 spiro atoms. The lowest BCUT2D eigenvalue weighted by Gasteiger charge is -2.21. The number of carbonyl (C=O) groups is 1. The van der Waals surface area contributed by atoms with E-state index < -0.39 is 36.9 Å². The van der Waals surface area contributed by atoms with E-state index in [2.05, 4.69) is 5.32 Å². The van der Waals surface area contributed by atoms with Gasteiger partial charge in [-0.3, -0.25) is 4.79 Å². The van der Waals surface area contributed by atoms with E-state index in [4.69, 9.17) is 5.11 Å². The van der Waals surface area contributed by atoms with Crippen LogP contribution in [0.1, 0.15) is 6.92 Å². The van der Waals surface area contributed by atoms with Crippen molar-refractivity contribution in [1.29, 1.82) is 0 Å². The second-order valence-electron chi connectivity index (χ2n) is 3.87. The minimum Gasteiger partial charge on any atom is -0.376 e. The highest BCUT2D eigenvalue weighted by Gasteiger charge is 2.47. The molecule has 0 aliphatic carbocycles. The standard InChI is InChI=1S/C9H14F4N2O2/c1-2-14-6-4-15(3-5(6)10)8(17)7(16)9(11,12)13/h5-7,14,16H,2-4H2,1H3/t5-,6?,7+/m0/s1. The summed E-state index contributed by atoms with van der Waals surface area (Å²) in [6.45, 7) is 1.58. The summed E-state index contributed by atoms with van der Waals surface area (Å²) in [5.41, 5.74) is 0. The topological polar surface area (TPSA) is 52.6 Å². The molecule has 1 heterocycles. The summed E-state index contributed by atoms with van der Waals surface area (Å²) in [6.07, 6.45) is -9.51. The quantitative estimate of drug-likeness (QED) is 0.704. The molecule has 1 fully saturated rings. The smallest absolute Gasteiger partial charge is 0.376 e. The number of nitrogens with zero attached hydrogens (tertiary/aromatic N) is 1. The van der Waals surface area contributed by atoms with Crippen LogP contribution < -0.4 is 5.32 Å². The molecule has 0 bridgehead atoms. The first-order chi connectivity index (χ1) is 7.77. The molecule has 100 valence electrons. The largest absolute Gasteiger partial charge is 0.423 e. The van der Waals surface area contributed by atoms with Crippen LogP contribution in [0, 0.1) is 0 Å². The molecular formula is C9H14F4N2O2. The first kappa shape index (κ1) is 14.2. The van der Waals surface area contributed by atoms with Crippen molar-refractivity contribution in [2.24, 2.45) is 0 Å². The fraction of sp³-hybridized carbons (Fsp3) is 0.889. The highest BCUT2D eigenvalue weighted by molar-refractivity contribution is 5.81. The van der Waals surface area contributed by atoms with Gasteiger partial charge in [0.25, 0.3) is 5.91 Å². The van der Waals surface area contributed by atoms with Crippen LogP contribution in [0.3, 0.4) is 0 Å². The lowest BCUT2D eigenvalue weighted by atomic mass is 10.2. The number of hydrogen-bond acceptors (Lipinski definition) is 3. The zero-order valence-electron chi connectivity index (χ0n) is 9.17. The summed E-state index contributed by atoms with van der Waals surface area (Å²) in [4.78, 5) is 11.9. The van der Waals surface area contributed by atoms with Crippen molar-refractivity contribution in [3.05, 3.63) is 0 Å². The number of aliphatic hydroxyl groups is 1. The third-order valence-corrected chi connectivity index (χ3v) is 2.57. The zero-order valence-corrected chi connectivity index (χ0v) is 9.17. The Balaban J connectivity index is 2.61. The van der Waals surface area contributed by atoms with E-state index in [0.29, 0.717) is 11.4 Å². The Morgan fingerprint density at radius 3 is 2.59 bits per heavy atom. The summed E-state index contributed by atoms with van der Waals surface area (Å²) in [5.74, 6) is -1.50. The molecule has 8 heteroatoms. The first-order valence-corrected chi connectivity index (χ1v) is 5.18. The number of likely N-dealkylation sites (N-methyl/N-ethyl adjacent to an activating group) is 1. The maximum absolute atomic E-state index is 13.3. The molecule has 0 aromatic heterocycles. The molecule has 1 unspecified atom stereocenters. The van der Waals surface area contributed by atoms with Crippen molar-refractivity contribution in [2.45, 2.75) is 31.4 Å². The van der Waals surface area contributed by atoms with Crippen LogP contribution in [0.5, 0.6) is 0 Å². The molecule has 1 saturated heterocycles. The third kappa shape index (κ3) is 3.29. The van der Waals surface area contributed by atoms with Gasteiger partial charge in [-0.25, -0.2) is 4.39 Å². The molecule has 1 aliphatic heterocycles. The highest BCUT2D eigenvalue weighted by atomic mass is 19.4. The average Bonchev–Trinajstić information content (AvgIpc) is 2.57. The van der Waals surface area contributed by atoms with Crippen LogP contribution in [0.4, 0.5) is 17.6 Å². The lowest BCUT2D eigenvalue weighted by Crippen LogP contribution is -2.46. The van der Waals surface area contributed by atoms with Gasteiger partial charge in [0.1, 0.15) is 6.17 Å². The van der Waals surface area contributed by atoms with Crippen LogP contribution in [0.25, 0.3) is 0 Å². The van der Waals surface area contributed by atoms with E-state index in [-0.39, 0.29) is 6.54 Å². The number of carbonyl (C=O) groups excluding carboxylic acids is 1. The predicted octanol–water partition coefficient (Wildman–Crippen LogP) is 0.0680. The van der Waals surface area contributed by atoms with E-state index >= 15 is 0 Å². The summed E-state index contributed by atoms with van der Waals surface area (Å²) in [7, 11) is 0. The van der Waals surface area contributed by atoms with Crippen molar-refractivity contribution < 1.29 is 27.5 Å². The Labute approximate surface area is 95.6 Å². The van der Waals surface area contributed by atoms with Gasteiger partial charge in [-0.2, -0.15) is 13.2 Å². The molecule has 1 rings (SSSR count). The Kier molecular flexibility index (Phi) is 4.31. The molecule has 0 radical (unpaired) electrons. The minimum absolute atomic E-state index is 0.166. The molecule has 4 nitrogen and oxygen atoms in total. The van der Waals surface area contributed by atoms with Crippen LogP contribution in [-0.2, 0) is 4.79 Å². The number of likely N-dealkylation sites (tertiary alicyclic amines) is 1. The van der Waals surface area contributed by atoms with Gasteiger partial charge in [0.05, 0.1) is 12.6 Å². The molecular weight excluding hydrogens is 244 g/mol. The molecule has 1 aliphatic rings. The fourth-order valence-corrected chi connectivity index (χ4v) is 1.71. The van der Waals surface area contributed by atoms with Crippen LogP contribution >= 0.6 is 0 Å². The maximum Gasteiger partial charge on any atom is 0.423 e. The third-order valence-electron chi connectivity index (χ3n) is 2.57. The van der Waals surface area contributed by atoms with Crippen LogP contribution in [-0.4, -0.2) is 60.0 Å². The van der Waals surface area contributed by atoms with Gasteiger partial charge in [-0.1, -0.05) is 6.92 Å². The number of aliphatic hydroxyl groups excluding tert-OH is 1.